The standard InChI is InChI=1S/C13H17ClN4/c1-9-10(7-15)6-11(14)12(17-9)18-5-4-16-13(2,3)8-18/h6,16H,4-5,8H2,1-3H3. The molecule has 2 heterocycles. The molecule has 2 rings (SSSR count). The van der Waals surface area contributed by atoms with Crippen LogP contribution in [-0.2, 0) is 0 Å². The number of nitrogens with zero attached hydrogens (tertiary/aromatic N) is 3. The van der Waals surface area contributed by atoms with Crippen molar-refractivity contribution >= 4 is 17.4 Å². The maximum absolute atomic E-state index is 8.95. The van der Waals surface area contributed by atoms with Crippen molar-refractivity contribution in [2.75, 3.05) is 24.5 Å². The summed E-state index contributed by atoms with van der Waals surface area (Å²) in [7, 11) is 0. The molecule has 0 radical (unpaired) electrons. The first kappa shape index (κ1) is 13.1. The zero-order valence-corrected chi connectivity index (χ0v) is 11.7. The average molecular weight is 265 g/mol. The van der Waals surface area contributed by atoms with Crippen molar-refractivity contribution in [1.29, 1.82) is 5.26 Å². The van der Waals surface area contributed by atoms with Gasteiger partial charge in [-0.05, 0) is 26.8 Å². The Morgan fingerprint density at radius 1 is 1.56 bits per heavy atom. The highest BCUT2D eigenvalue weighted by Gasteiger charge is 2.27. The van der Waals surface area contributed by atoms with Gasteiger partial charge in [-0.3, -0.25) is 0 Å². The second-order valence-electron chi connectivity index (χ2n) is 5.27. The minimum atomic E-state index is 0.0467. The molecule has 18 heavy (non-hydrogen) atoms. The van der Waals surface area contributed by atoms with E-state index in [0.717, 1.165) is 31.1 Å². The first-order chi connectivity index (χ1) is 8.43. The highest BCUT2D eigenvalue weighted by atomic mass is 35.5. The maximum Gasteiger partial charge on any atom is 0.147 e. The Morgan fingerprint density at radius 3 is 2.89 bits per heavy atom. The SMILES string of the molecule is Cc1nc(N2CCNC(C)(C)C2)c(Cl)cc1C#N. The lowest BCUT2D eigenvalue weighted by Gasteiger charge is -2.40. The molecule has 1 N–H and O–H groups in total. The molecule has 1 aliphatic rings. The molecule has 0 atom stereocenters. The lowest BCUT2D eigenvalue weighted by Crippen LogP contribution is -2.57. The normalized spacial score (nSPS) is 18.5. The van der Waals surface area contributed by atoms with Crippen molar-refractivity contribution in [3.8, 4) is 6.07 Å². The predicted octanol–water partition coefficient (Wildman–Crippen LogP) is 2.10. The molecule has 96 valence electrons. The number of halogens is 1. The lowest BCUT2D eigenvalue weighted by molar-refractivity contribution is 0.351. The summed E-state index contributed by atoms with van der Waals surface area (Å²) < 4.78 is 0. The van der Waals surface area contributed by atoms with E-state index in [4.69, 9.17) is 16.9 Å². The maximum atomic E-state index is 8.95. The largest absolute Gasteiger partial charge is 0.352 e. The smallest absolute Gasteiger partial charge is 0.147 e. The third kappa shape index (κ3) is 2.58. The second-order valence-corrected chi connectivity index (χ2v) is 5.68. The van der Waals surface area contributed by atoms with Crippen molar-refractivity contribution in [2.24, 2.45) is 0 Å². The fourth-order valence-electron chi connectivity index (χ4n) is 2.23. The molecule has 1 fully saturated rings. The van der Waals surface area contributed by atoms with Crippen LogP contribution in [-0.4, -0.2) is 30.2 Å². The molecule has 0 bridgehead atoms. The van der Waals surface area contributed by atoms with Gasteiger partial charge in [0.15, 0.2) is 0 Å². The van der Waals surface area contributed by atoms with E-state index in [1.165, 1.54) is 0 Å². The van der Waals surface area contributed by atoms with E-state index in [9.17, 15) is 0 Å². The number of rotatable bonds is 1. The van der Waals surface area contributed by atoms with Gasteiger partial charge in [-0.1, -0.05) is 11.6 Å². The minimum absolute atomic E-state index is 0.0467. The molecule has 1 saturated heterocycles. The monoisotopic (exact) mass is 264 g/mol. The third-order valence-electron chi connectivity index (χ3n) is 3.14. The number of aromatic nitrogens is 1. The van der Waals surface area contributed by atoms with Crippen LogP contribution in [0.5, 0.6) is 0 Å². The number of anilines is 1. The van der Waals surface area contributed by atoms with Crippen LogP contribution in [0.3, 0.4) is 0 Å². The number of hydrogen-bond donors (Lipinski definition) is 1. The number of hydrogen-bond acceptors (Lipinski definition) is 4. The number of pyridine rings is 1. The second kappa shape index (κ2) is 4.75. The van der Waals surface area contributed by atoms with Gasteiger partial charge in [-0.15, -0.1) is 0 Å². The van der Waals surface area contributed by atoms with Crippen LogP contribution >= 0.6 is 11.6 Å². The Hall–Kier alpha value is -1.31. The van der Waals surface area contributed by atoms with Crippen LogP contribution < -0.4 is 10.2 Å². The average Bonchev–Trinajstić information content (AvgIpc) is 2.30. The van der Waals surface area contributed by atoms with Gasteiger partial charge in [0.2, 0.25) is 0 Å². The van der Waals surface area contributed by atoms with E-state index in [1.807, 2.05) is 6.92 Å². The number of aryl methyl sites for hydroxylation is 1. The van der Waals surface area contributed by atoms with Crippen LogP contribution in [0.25, 0.3) is 0 Å². The molecule has 0 aromatic carbocycles. The Balaban J connectivity index is 2.34. The van der Waals surface area contributed by atoms with Crippen LogP contribution in [0.4, 0.5) is 5.82 Å². The van der Waals surface area contributed by atoms with Gasteiger partial charge >= 0.3 is 0 Å². The van der Waals surface area contributed by atoms with Gasteiger partial charge in [-0.25, -0.2) is 4.98 Å². The molecule has 0 amide bonds. The first-order valence-electron chi connectivity index (χ1n) is 6.00. The van der Waals surface area contributed by atoms with Crippen molar-refractivity contribution in [1.82, 2.24) is 10.3 Å². The topological polar surface area (TPSA) is 52.0 Å². The van der Waals surface area contributed by atoms with Gasteiger partial charge in [0.05, 0.1) is 16.3 Å². The highest BCUT2D eigenvalue weighted by molar-refractivity contribution is 6.33. The summed E-state index contributed by atoms with van der Waals surface area (Å²) in [6.07, 6.45) is 0. The molecule has 0 aliphatic carbocycles. The molecule has 0 saturated carbocycles. The molecule has 0 unspecified atom stereocenters. The molecule has 1 aliphatic heterocycles. The molecule has 0 spiro atoms. The summed E-state index contributed by atoms with van der Waals surface area (Å²) in [5.41, 5.74) is 1.32. The van der Waals surface area contributed by atoms with Gasteiger partial charge in [0.1, 0.15) is 11.9 Å². The van der Waals surface area contributed by atoms with E-state index in [1.54, 1.807) is 6.07 Å². The van der Waals surface area contributed by atoms with Crippen LogP contribution in [0.15, 0.2) is 6.07 Å². The van der Waals surface area contributed by atoms with E-state index < -0.39 is 0 Å². The van der Waals surface area contributed by atoms with Crippen molar-refractivity contribution in [2.45, 2.75) is 26.3 Å². The predicted molar refractivity (Wildman–Crippen MR) is 73.0 cm³/mol. The van der Waals surface area contributed by atoms with E-state index in [0.29, 0.717) is 10.6 Å². The van der Waals surface area contributed by atoms with Gasteiger partial charge in [0, 0.05) is 25.2 Å². The summed E-state index contributed by atoms with van der Waals surface area (Å²) in [6.45, 7) is 8.79. The van der Waals surface area contributed by atoms with E-state index in [-0.39, 0.29) is 5.54 Å². The van der Waals surface area contributed by atoms with Crippen molar-refractivity contribution in [3.05, 3.63) is 22.3 Å². The summed E-state index contributed by atoms with van der Waals surface area (Å²) in [4.78, 5) is 6.65. The lowest BCUT2D eigenvalue weighted by atomic mass is 10.0. The summed E-state index contributed by atoms with van der Waals surface area (Å²) in [5.74, 6) is 0.780. The highest BCUT2D eigenvalue weighted by Crippen LogP contribution is 2.27. The molecular weight excluding hydrogens is 248 g/mol. The fraction of sp³-hybridized carbons (Fsp3) is 0.538. The van der Waals surface area contributed by atoms with E-state index >= 15 is 0 Å². The Morgan fingerprint density at radius 2 is 2.28 bits per heavy atom. The Bertz CT molecular complexity index is 504. The summed E-state index contributed by atoms with van der Waals surface area (Å²) in [6, 6.07) is 3.81. The summed E-state index contributed by atoms with van der Waals surface area (Å²) >= 11 is 6.23. The third-order valence-corrected chi connectivity index (χ3v) is 3.42. The van der Waals surface area contributed by atoms with Gasteiger partial charge < -0.3 is 10.2 Å². The quantitative estimate of drug-likeness (QED) is 0.844. The minimum Gasteiger partial charge on any atom is -0.352 e. The molecule has 1 aromatic heterocycles. The molecular formula is C13H17ClN4. The van der Waals surface area contributed by atoms with E-state index in [2.05, 4.69) is 35.1 Å². The van der Waals surface area contributed by atoms with Gasteiger partial charge in [-0.2, -0.15) is 5.26 Å². The molecule has 4 nitrogen and oxygen atoms in total. The first-order valence-corrected chi connectivity index (χ1v) is 6.38. The molecule has 1 aromatic rings. The zero-order chi connectivity index (χ0) is 13.3. The Labute approximate surface area is 113 Å². The Kier molecular flexibility index (Phi) is 3.47. The zero-order valence-electron chi connectivity index (χ0n) is 10.9. The van der Waals surface area contributed by atoms with Crippen LogP contribution in [0.1, 0.15) is 25.1 Å². The van der Waals surface area contributed by atoms with Crippen molar-refractivity contribution < 1.29 is 0 Å². The number of piperazine rings is 1. The van der Waals surface area contributed by atoms with Crippen LogP contribution in [0.2, 0.25) is 5.02 Å². The van der Waals surface area contributed by atoms with Crippen molar-refractivity contribution in [3.63, 3.8) is 0 Å². The molecule has 5 heteroatoms. The number of nitriles is 1. The van der Waals surface area contributed by atoms with Gasteiger partial charge in [0.25, 0.3) is 0 Å². The summed E-state index contributed by atoms with van der Waals surface area (Å²) in [5, 5.41) is 13.0. The fourth-order valence-corrected chi connectivity index (χ4v) is 2.50. The number of nitrogens with one attached hydrogen (secondary N) is 1. The van der Waals surface area contributed by atoms with Crippen LogP contribution in [0, 0.1) is 18.3 Å².